The zero-order valence-electron chi connectivity index (χ0n) is 8.94. The van der Waals surface area contributed by atoms with Gasteiger partial charge in [-0.15, -0.1) is 11.8 Å². The molecule has 2 N–H and O–H groups in total. The van der Waals surface area contributed by atoms with E-state index in [1.807, 2.05) is 0 Å². The average molecular weight is 234 g/mol. The van der Waals surface area contributed by atoms with Gasteiger partial charge in [-0.3, -0.25) is 9.59 Å². The number of rotatable bonds is 9. The van der Waals surface area contributed by atoms with Gasteiger partial charge in [0.05, 0.1) is 6.42 Å². The molecular weight excluding hydrogens is 216 g/mol. The fourth-order valence-electron chi connectivity index (χ4n) is 1.13. The van der Waals surface area contributed by atoms with E-state index >= 15 is 0 Å². The van der Waals surface area contributed by atoms with Crippen molar-refractivity contribution in [3.05, 3.63) is 0 Å². The monoisotopic (exact) mass is 234 g/mol. The molecule has 0 radical (unpaired) electrons. The predicted octanol–water partition coefficient (Wildman–Crippen LogP) is 2.23. The largest absolute Gasteiger partial charge is 0.481 e. The highest BCUT2D eigenvalue weighted by Gasteiger charge is 2.20. The molecule has 1 atom stereocenters. The first kappa shape index (κ1) is 14.3. The van der Waals surface area contributed by atoms with Crippen molar-refractivity contribution in [3.8, 4) is 0 Å². The van der Waals surface area contributed by atoms with Gasteiger partial charge >= 0.3 is 11.9 Å². The highest BCUT2D eigenvalue weighted by Crippen LogP contribution is 2.17. The van der Waals surface area contributed by atoms with Gasteiger partial charge in [-0.1, -0.05) is 26.2 Å². The second-order valence-corrected chi connectivity index (χ2v) is 4.67. The Balaban J connectivity index is 3.67. The lowest BCUT2D eigenvalue weighted by molar-refractivity contribution is -0.142. The molecule has 0 heterocycles. The first-order chi connectivity index (χ1) is 7.07. The van der Waals surface area contributed by atoms with Crippen LogP contribution in [0.4, 0.5) is 0 Å². The van der Waals surface area contributed by atoms with Crippen molar-refractivity contribution in [1.82, 2.24) is 0 Å². The minimum atomic E-state index is -1.05. The Morgan fingerprint density at radius 1 is 1.20 bits per heavy atom. The van der Waals surface area contributed by atoms with Gasteiger partial charge < -0.3 is 10.2 Å². The van der Waals surface area contributed by atoms with E-state index in [1.54, 1.807) is 0 Å². The van der Waals surface area contributed by atoms with Crippen LogP contribution in [-0.2, 0) is 9.59 Å². The normalized spacial score (nSPS) is 12.3. The number of aliphatic carboxylic acids is 2. The van der Waals surface area contributed by atoms with E-state index in [0.717, 1.165) is 31.4 Å². The van der Waals surface area contributed by atoms with E-state index in [2.05, 4.69) is 6.92 Å². The minimum absolute atomic E-state index is 0.298. The van der Waals surface area contributed by atoms with Gasteiger partial charge in [-0.25, -0.2) is 0 Å². The molecule has 0 aliphatic heterocycles. The lowest BCUT2D eigenvalue weighted by atomic mass is 10.2. The SMILES string of the molecule is CCCCCCSC(CC(=O)O)C(=O)O. The zero-order chi connectivity index (χ0) is 11.7. The molecule has 15 heavy (non-hydrogen) atoms. The van der Waals surface area contributed by atoms with Gasteiger partial charge in [0.1, 0.15) is 5.25 Å². The molecule has 0 aliphatic carbocycles. The molecule has 0 aliphatic rings. The first-order valence-corrected chi connectivity index (χ1v) is 6.19. The molecule has 88 valence electrons. The van der Waals surface area contributed by atoms with Crippen molar-refractivity contribution in [2.24, 2.45) is 0 Å². The summed E-state index contributed by atoms with van der Waals surface area (Å²) < 4.78 is 0. The third-order valence-corrected chi connectivity index (χ3v) is 3.25. The molecule has 0 aromatic rings. The summed E-state index contributed by atoms with van der Waals surface area (Å²) in [7, 11) is 0. The molecule has 0 saturated carbocycles. The molecule has 0 bridgehead atoms. The third kappa shape index (κ3) is 8.30. The number of carbonyl (C=O) groups is 2. The van der Waals surface area contributed by atoms with Crippen molar-refractivity contribution < 1.29 is 19.8 Å². The number of carboxylic acid groups (broad SMARTS) is 2. The van der Waals surface area contributed by atoms with Gasteiger partial charge in [-0.2, -0.15) is 0 Å². The highest BCUT2D eigenvalue weighted by molar-refractivity contribution is 8.00. The van der Waals surface area contributed by atoms with Crippen LogP contribution < -0.4 is 0 Å². The maximum Gasteiger partial charge on any atom is 0.317 e. The van der Waals surface area contributed by atoms with Crippen LogP contribution in [0.25, 0.3) is 0 Å². The number of hydrogen-bond acceptors (Lipinski definition) is 3. The number of thioether (sulfide) groups is 1. The molecule has 5 heteroatoms. The van der Waals surface area contributed by atoms with Crippen molar-refractivity contribution in [2.45, 2.75) is 44.3 Å². The van der Waals surface area contributed by atoms with Crippen LogP contribution in [-0.4, -0.2) is 33.2 Å². The average Bonchev–Trinajstić information content (AvgIpc) is 2.15. The summed E-state index contributed by atoms with van der Waals surface area (Å²) >= 11 is 1.23. The molecule has 0 fully saturated rings. The van der Waals surface area contributed by atoms with E-state index in [1.165, 1.54) is 11.8 Å². The van der Waals surface area contributed by atoms with Crippen LogP contribution in [0.3, 0.4) is 0 Å². The molecule has 1 unspecified atom stereocenters. The van der Waals surface area contributed by atoms with Crippen LogP contribution in [0.5, 0.6) is 0 Å². The molecule has 0 aromatic heterocycles. The van der Waals surface area contributed by atoms with Crippen LogP contribution in [0.15, 0.2) is 0 Å². The van der Waals surface area contributed by atoms with Gasteiger partial charge in [-0.05, 0) is 12.2 Å². The zero-order valence-corrected chi connectivity index (χ0v) is 9.76. The van der Waals surface area contributed by atoms with E-state index < -0.39 is 17.2 Å². The third-order valence-electron chi connectivity index (χ3n) is 1.95. The predicted molar refractivity (Wildman–Crippen MR) is 60.3 cm³/mol. The summed E-state index contributed by atoms with van der Waals surface area (Å²) in [6.45, 7) is 2.11. The smallest absolute Gasteiger partial charge is 0.317 e. The van der Waals surface area contributed by atoms with Gasteiger partial charge in [0.2, 0.25) is 0 Å². The van der Waals surface area contributed by atoms with Crippen molar-refractivity contribution >= 4 is 23.7 Å². The van der Waals surface area contributed by atoms with Crippen molar-refractivity contribution in [3.63, 3.8) is 0 Å². The Hall–Kier alpha value is -0.710. The van der Waals surface area contributed by atoms with Crippen molar-refractivity contribution in [1.29, 1.82) is 0 Å². The van der Waals surface area contributed by atoms with E-state index in [-0.39, 0.29) is 6.42 Å². The van der Waals surface area contributed by atoms with Crippen molar-refractivity contribution in [2.75, 3.05) is 5.75 Å². The molecular formula is C10H18O4S. The summed E-state index contributed by atoms with van der Waals surface area (Å²) in [5, 5.41) is 16.4. The summed E-state index contributed by atoms with van der Waals surface area (Å²) in [5.74, 6) is -1.36. The molecule has 0 saturated heterocycles. The van der Waals surface area contributed by atoms with Gasteiger partial charge in [0.25, 0.3) is 0 Å². The second-order valence-electron chi connectivity index (χ2n) is 3.36. The fourth-order valence-corrected chi connectivity index (χ4v) is 2.19. The van der Waals surface area contributed by atoms with Crippen LogP contribution in [0.1, 0.15) is 39.0 Å². The molecule has 0 rings (SSSR count). The highest BCUT2D eigenvalue weighted by atomic mass is 32.2. The number of unbranched alkanes of at least 4 members (excludes halogenated alkanes) is 3. The summed E-state index contributed by atoms with van der Waals surface area (Å²) in [4.78, 5) is 21.0. The number of carboxylic acids is 2. The first-order valence-electron chi connectivity index (χ1n) is 5.14. The van der Waals surface area contributed by atoms with Crippen LogP contribution in [0.2, 0.25) is 0 Å². The Morgan fingerprint density at radius 3 is 2.33 bits per heavy atom. The Morgan fingerprint density at radius 2 is 1.87 bits per heavy atom. The fraction of sp³-hybridized carbons (Fsp3) is 0.800. The summed E-state index contributed by atoms with van der Waals surface area (Å²) in [6.07, 6.45) is 4.04. The van der Waals surface area contributed by atoms with Gasteiger partial charge in [0, 0.05) is 0 Å². The summed E-state index contributed by atoms with van der Waals surface area (Å²) in [6, 6.07) is 0. The minimum Gasteiger partial charge on any atom is -0.481 e. The van der Waals surface area contributed by atoms with Gasteiger partial charge in [0.15, 0.2) is 0 Å². The maximum atomic E-state index is 10.7. The molecule has 4 nitrogen and oxygen atoms in total. The van der Waals surface area contributed by atoms with E-state index in [9.17, 15) is 9.59 Å². The topological polar surface area (TPSA) is 74.6 Å². The molecule has 0 aromatic carbocycles. The lowest BCUT2D eigenvalue weighted by Crippen LogP contribution is -2.20. The quantitative estimate of drug-likeness (QED) is 0.598. The van der Waals surface area contributed by atoms with E-state index in [0.29, 0.717) is 0 Å². The Labute approximate surface area is 94.1 Å². The lowest BCUT2D eigenvalue weighted by Gasteiger charge is -2.08. The maximum absolute atomic E-state index is 10.7. The summed E-state index contributed by atoms with van der Waals surface area (Å²) in [5.41, 5.74) is 0. The Kier molecular flexibility index (Phi) is 8.18. The Bertz CT molecular complexity index is 206. The van der Waals surface area contributed by atoms with Crippen LogP contribution in [0, 0.1) is 0 Å². The molecule has 0 spiro atoms. The van der Waals surface area contributed by atoms with E-state index in [4.69, 9.17) is 10.2 Å². The van der Waals surface area contributed by atoms with Crippen LogP contribution >= 0.6 is 11.8 Å². The second kappa shape index (κ2) is 8.59. The molecule has 0 amide bonds. The number of hydrogen-bond donors (Lipinski definition) is 2. The standard InChI is InChI=1S/C10H18O4S/c1-2-3-4-5-6-15-8(10(13)14)7-9(11)12/h8H,2-7H2,1H3,(H,11,12)(H,13,14).